The number of rotatable bonds is 5. The number of carbonyl (C=O) groups excluding carboxylic acids is 3. The number of nitrogens with one attached hydrogen (secondary N) is 2. The number of hydrogen-bond donors (Lipinski definition) is 2. The molecule has 3 rings (SSSR count). The van der Waals surface area contributed by atoms with E-state index in [1.165, 1.54) is 19.1 Å². The molecule has 1 aromatic heterocycles. The van der Waals surface area contributed by atoms with Crippen LogP contribution in [0.2, 0.25) is 10.0 Å². The number of halogens is 2. The van der Waals surface area contributed by atoms with Crippen LogP contribution >= 0.6 is 23.2 Å². The molecular weight excluding hydrogens is 435 g/mol. The Morgan fingerprint density at radius 3 is 2.77 bits per heavy atom. The zero-order valence-electron chi connectivity index (χ0n) is 16.3. The number of methoxy groups -OCH3 is 2. The number of amides is 2. The first-order valence-corrected chi connectivity index (χ1v) is 9.80. The number of H-pyrrole nitrogens is 1. The summed E-state index contributed by atoms with van der Waals surface area (Å²) < 4.78 is 9.30. The van der Waals surface area contributed by atoms with Crippen molar-refractivity contribution in [3.8, 4) is 0 Å². The summed E-state index contributed by atoms with van der Waals surface area (Å²) in [5, 5.41) is 3.20. The molecule has 2 atom stereocenters. The summed E-state index contributed by atoms with van der Waals surface area (Å²) in [7, 11) is 2.36. The predicted octanol–water partition coefficient (Wildman–Crippen LogP) is 2.48. The van der Waals surface area contributed by atoms with Crippen molar-refractivity contribution in [2.45, 2.75) is 24.9 Å². The van der Waals surface area contributed by atoms with Gasteiger partial charge in [0.15, 0.2) is 0 Å². The van der Waals surface area contributed by atoms with Crippen molar-refractivity contribution < 1.29 is 23.9 Å². The summed E-state index contributed by atoms with van der Waals surface area (Å²) in [4.78, 5) is 45.8. The Morgan fingerprint density at radius 1 is 1.30 bits per heavy atom. The van der Waals surface area contributed by atoms with Crippen LogP contribution in [0.5, 0.6) is 0 Å². The Kier molecular flexibility index (Phi) is 6.84. The van der Waals surface area contributed by atoms with E-state index < -0.39 is 30.1 Å². The number of esters is 2. The Morgan fingerprint density at radius 2 is 2.07 bits per heavy atom. The molecule has 1 aromatic carbocycles. The van der Waals surface area contributed by atoms with E-state index in [2.05, 4.69) is 20.0 Å². The van der Waals surface area contributed by atoms with Gasteiger partial charge in [0.25, 0.3) is 0 Å². The highest BCUT2D eigenvalue weighted by atomic mass is 35.5. The minimum absolute atomic E-state index is 0.303. The normalized spacial score (nSPS) is 16.4. The van der Waals surface area contributed by atoms with Crippen molar-refractivity contribution >= 4 is 41.2 Å². The molecule has 0 fully saturated rings. The van der Waals surface area contributed by atoms with Crippen LogP contribution in [0.3, 0.4) is 0 Å². The Bertz CT molecular complexity index is 964. The third kappa shape index (κ3) is 4.36. The highest BCUT2D eigenvalue weighted by molar-refractivity contribution is 6.42. The van der Waals surface area contributed by atoms with Gasteiger partial charge in [-0.05, 0) is 6.07 Å². The first kappa shape index (κ1) is 21.9. The van der Waals surface area contributed by atoms with Gasteiger partial charge in [-0.25, -0.2) is 14.6 Å². The second-order valence-corrected chi connectivity index (χ2v) is 7.35. The van der Waals surface area contributed by atoms with Gasteiger partial charge in [0, 0.05) is 24.2 Å². The van der Waals surface area contributed by atoms with Crippen LogP contribution in [0.1, 0.15) is 29.4 Å². The molecule has 0 saturated carbocycles. The van der Waals surface area contributed by atoms with Gasteiger partial charge >= 0.3 is 18.0 Å². The minimum atomic E-state index is -1.20. The van der Waals surface area contributed by atoms with E-state index in [0.29, 0.717) is 34.3 Å². The lowest BCUT2D eigenvalue weighted by atomic mass is 9.96. The lowest BCUT2D eigenvalue weighted by Gasteiger charge is -2.36. The molecule has 30 heavy (non-hydrogen) atoms. The summed E-state index contributed by atoms with van der Waals surface area (Å²) >= 11 is 12.6. The number of benzene rings is 1. The number of aromatic amines is 1. The number of hydrogen-bond acceptors (Lipinski definition) is 6. The summed E-state index contributed by atoms with van der Waals surface area (Å²) in [5.41, 5.74) is 2.09. The molecule has 160 valence electrons. The molecule has 1 aliphatic heterocycles. The van der Waals surface area contributed by atoms with Crippen LogP contribution in [-0.4, -0.2) is 59.6 Å². The van der Waals surface area contributed by atoms with Gasteiger partial charge < -0.3 is 24.7 Å². The van der Waals surface area contributed by atoms with Gasteiger partial charge in [0.05, 0.1) is 42.7 Å². The molecule has 0 bridgehead atoms. The molecule has 2 amide bonds. The van der Waals surface area contributed by atoms with E-state index in [1.807, 2.05) is 0 Å². The van der Waals surface area contributed by atoms with Gasteiger partial charge in [0.1, 0.15) is 12.1 Å². The number of carbonyl (C=O) groups is 3. The fourth-order valence-electron chi connectivity index (χ4n) is 3.36. The van der Waals surface area contributed by atoms with Gasteiger partial charge in [-0.1, -0.05) is 35.3 Å². The van der Waals surface area contributed by atoms with E-state index in [0.717, 1.165) is 5.69 Å². The maximum absolute atomic E-state index is 13.2. The average molecular weight is 455 g/mol. The monoisotopic (exact) mass is 454 g/mol. The van der Waals surface area contributed by atoms with Crippen LogP contribution in [-0.2, 0) is 25.5 Å². The first-order chi connectivity index (χ1) is 14.4. The Balaban J connectivity index is 1.94. The quantitative estimate of drug-likeness (QED) is 0.670. The summed E-state index contributed by atoms with van der Waals surface area (Å²) in [6, 6.07) is 2.72. The third-order valence-electron chi connectivity index (χ3n) is 4.84. The topological polar surface area (TPSA) is 114 Å². The molecule has 11 heteroatoms. The summed E-state index contributed by atoms with van der Waals surface area (Å²) in [5.74, 6) is -1.42. The van der Waals surface area contributed by atoms with E-state index in [4.69, 9.17) is 27.9 Å². The van der Waals surface area contributed by atoms with Crippen molar-refractivity contribution in [3.05, 3.63) is 51.5 Å². The zero-order valence-corrected chi connectivity index (χ0v) is 17.8. The second-order valence-electron chi connectivity index (χ2n) is 6.56. The molecule has 2 heterocycles. The van der Waals surface area contributed by atoms with Gasteiger partial charge in [0.2, 0.25) is 0 Å². The number of urea groups is 1. The highest BCUT2D eigenvalue weighted by Crippen LogP contribution is 2.39. The lowest BCUT2D eigenvalue weighted by molar-refractivity contribution is -0.149. The van der Waals surface area contributed by atoms with Crippen molar-refractivity contribution in [2.75, 3.05) is 20.8 Å². The molecule has 0 saturated heterocycles. The van der Waals surface area contributed by atoms with E-state index in [9.17, 15) is 14.4 Å². The molecule has 0 spiro atoms. The first-order valence-electron chi connectivity index (χ1n) is 9.05. The molecule has 1 aliphatic rings. The van der Waals surface area contributed by atoms with Gasteiger partial charge in [-0.15, -0.1) is 0 Å². The number of imidazole rings is 1. The standard InChI is InChI=1S/C19H20Cl2N4O5/c1-29-14(26)8-13(18(27)30-2)24-19(28)25-7-6-12-16(23-9-22-12)17(25)10-4-3-5-11(20)15(10)21/h3-5,9,13,17H,6-8H2,1-2H3,(H,22,23)(H,24,28)/t13-,17?/m1/s1. The van der Waals surface area contributed by atoms with E-state index in [1.54, 1.807) is 24.5 Å². The zero-order chi connectivity index (χ0) is 21.8. The van der Waals surface area contributed by atoms with Crippen LogP contribution in [0.25, 0.3) is 0 Å². The summed E-state index contributed by atoms with van der Waals surface area (Å²) in [6.45, 7) is 0.320. The largest absolute Gasteiger partial charge is 0.469 e. The molecule has 1 unspecified atom stereocenters. The molecule has 2 aromatic rings. The van der Waals surface area contributed by atoms with E-state index >= 15 is 0 Å². The van der Waals surface area contributed by atoms with Crippen molar-refractivity contribution in [3.63, 3.8) is 0 Å². The molecule has 9 nitrogen and oxygen atoms in total. The molecule has 2 N–H and O–H groups in total. The highest BCUT2D eigenvalue weighted by Gasteiger charge is 2.37. The maximum atomic E-state index is 13.2. The number of ether oxygens (including phenoxy) is 2. The van der Waals surface area contributed by atoms with Crippen LogP contribution in [0.4, 0.5) is 4.79 Å². The van der Waals surface area contributed by atoms with Gasteiger partial charge in [-0.3, -0.25) is 4.79 Å². The fraction of sp³-hybridized carbons (Fsp3) is 0.368. The average Bonchev–Trinajstić information content (AvgIpc) is 3.22. The minimum Gasteiger partial charge on any atom is -0.469 e. The van der Waals surface area contributed by atoms with Crippen molar-refractivity contribution in [2.24, 2.45) is 0 Å². The fourth-order valence-corrected chi connectivity index (χ4v) is 3.77. The Labute approximate surface area is 182 Å². The van der Waals surface area contributed by atoms with Crippen molar-refractivity contribution in [1.82, 2.24) is 20.2 Å². The molecular formula is C19H20Cl2N4O5. The second kappa shape index (κ2) is 9.36. The van der Waals surface area contributed by atoms with E-state index in [-0.39, 0.29) is 6.42 Å². The predicted molar refractivity (Wildman–Crippen MR) is 108 cm³/mol. The number of fused-ring (bicyclic) bond motifs is 1. The number of aromatic nitrogens is 2. The van der Waals surface area contributed by atoms with Crippen LogP contribution in [0.15, 0.2) is 24.5 Å². The van der Waals surface area contributed by atoms with Crippen molar-refractivity contribution in [1.29, 1.82) is 0 Å². The summed E-state index contributed by atoms with van der Waals surface area (Å²) in [6.07, 6.45) is 1.71. The number of nitrogens with zero attached hydrogens (tertiary/aromatic N) is 2. The SMILES string of the molecule is COC(=O)C[C@@H](NC(=O)N1CCc2[nH]cnc2C1c1cccc(Cl)c1Cl)C(=O)OC. The molecule has 0 radical (unpaired) electrons. The smallest absolute Gasteiger partial charge is 0.329 e. The van der Waals surface area contributed by atoms with Crippen LogP contribution < -0.4 is 5.32 Å². The van der Waals surface area contributed by atoms with Gasteiger partial charge in [-0.2, -0.15) is 0 Å². The van der Waals surface area contributed by atoms with Crippen LogP contribution in [0, 0.1) is 0 Å². The Hall–Kier alpha value is -2.78. The lowest BCUT2D eigenvalue weighted by Crippen LogP contribution is -2.52. The molecule has 0 aliphatic carbocycles. The third-order valence-corrected chi connectivity index (χ3v) is 5.68. The maximum Gasteiger partial charge on any atom is 0.329 e.